The van der Waals surface area contributed by atoms with Gasteiger partial charge in [0.05, 0.1) is 6.04 Å². The maximum atomic E-state index is 12.9. The summed E-state index contributed by atoms with van der Waals surface area (Å²) in [7, 11) is 0. The second-order valence-electron chi connectivity index (χ2n) is 4.03. The van der Waals surface area contributed by atoms with Crippen molar-refractivity contribution in [3.63, 3.8) is 0 Å². The third kappa shape index (κ3) is 3.98. The molecule has 1 amide bonds. The first-order chi connectivity index (χ1) is 7.49. The highest BCUT2D eigenvalue weighted by atomic mass is 19.1. The summed E-state index contributed by atoms with van der Waals surface area (Å²) in [6, 6.07) is 5.82. The number of benzene rings is 1. The Balaban J connectivity index is 2.58. The van der Waals surface area contributed by atoms with Crippen molar-refractivity contribution in [1.29, 1.82) is 0 Å². The van der Waals surface area contributed by atoms with Crippen molar-refractivity contribution in [2.24, 2.45) is 5.73 Å². The normalized spacial score (nSPS) is 14.2. The molecule has 2 atom stereocenters. The Morgan fingerprint density at radius 3 is 2.75 bits per heavy atom. The zero-order valence-electron chi connectivity index (χ0n) is 9.53. The van der Waals surface area contributed by atoms with Crippen molar-refractivity contribution >= 4 is 5.91 Å². The molecule has 1 rings (SSSR count). The minimum atomic E-state index is -0.300. The van der Waals surface area contributed by atoms with Gasteiger partial charge in [-0.05, 0) is 31.5 Å². The second-order valence-corrected chi connectivity index (χ2v) is 4.03. The average molecular weight is 224 g/mol. The Bertz CT molecular complexity index is 366. The van der Waals surface area contributed by atoms with E-state index >= 15 is 0 Å². The van der Waals surface area contributed by atoms with Crippen LogP contribution < -0.4 is 11.1 Å². The molecule has 0 bridgehead atoms. The molecular weight excluding hydrogens is 207 g/mol. The highest BCUT2D eigenvalue weighted by molar-refractivity contribution is 5.76. The molecule has 0 fully saturated rings. The van der Waals surface area contributed by atoms with Gasteiger partial charge in [-0.25, -0.2) is 4.39 Å². The van der Waals surface area contributed by atoms with E-state index in [1.807, 2.05) is 6.92 Å². The number of carbonyl (C=O) groups is 1. The van der Waals surface area contributed by atoms with Gasteiger partial charge in [0.2, 0.25) is 5.91 Å². The molecule has 1 unspecified atom stereocenters. The fraction of sp³-hybridized carbons (Fsp3) is 0.417. The van der Waals surface area contributed by atoms with Crippen LogP contribution in [0, 0.1) is 5.82 Å². The first kappa shape index (κ1) is 12.6. The summed E-state index contributed by atoms with van der Waals surface area (Å²) in [4.78, 5) is 11.4. The predicted octanol–water partition coefficient (Wildman–Crippen LogP) is 1.74. The molecule has 4 heteroatoms. The summed E-state index contributed by atoms with van der Waals surface area (Å²) < 4.78 is 12.9. The van der Waals surface area contributed by atoms with Crippen molar-refractivity contribution in [1.82, 2.24) is 5.32 Å². The number of rotatable bonds is 4. The zero-order chi connectivity index (χ0) is 12.1. The summed E-state index contributed by atoms with van der Waals surface area (Å²) in [5.41, 5.74) is 6.26. The summed E-state index contributed by atoms with van der Waals surface area (Å²) in [6.45, 7) is 3.58. The summed E-state index contributed by atoms with van der Waals surface area (Å²) >= 11 is 0. The van der Waals surface area contributed by atoms with Crippen LogP contribution in [0.25, 0.3) is 0 Å². The zero-order valence-corrected chi connectivity index (χ0v) is 9.53. The van der Waals surface area contributed by atoms with Crippen molar-refractivity contribution in [3.8, 4) is 0 Å². The van der Waals surface area contributed by atoms with E-state index in [0.29, 0.717) is 0 Å². The molecule has 0 aromatic heterocycles. The summed E-state index contributed by atoms with van der Waals surface area (Å²) in [5.74, 6) is -0.419. The van der Waals surface area contributed by atoms with E-state index < -0.39 is 0 Å². The number of nitrogens with two attached hydrogens (primary N) is 1. The van der Waals surface area contributed by atoms with Gasteiger partial charge >= 0.3 is 0 Å². The van der Waals surface area contributed by atoms with Gasteiger partial charge in [-0.3, -0.25) is 4.79 Å². The van der Waals surface area contributed by atoms with Gasteiger partial charge in [0.1, 0.15) is 5.82 Å². The largest absolute Gasteiger partial charge is 0.350 e. The maximum absolute atomic E-state index is 12.9. The van der Waals surface area contributed by atoms with E-state index in [9.17, 15) is 9.18 Å². The molecular formula is C12H17FN2O. The van der Waals surface area contributed by atoms with Crippen molar-refractivity contribution in [3.05, 3.63) is 35.6 Å². The molecule has 0 saturated carbocycles. The van der Waals surface area contributed by atoms with Crippen LogP contribution in [0.3, 0.4) is 0 Å². The molecule has 0 aliphatic heterocycles. The monoisotopic (exact) mass is 224 g/mol. The summed E-state index contributed by atoms with van der Waals surface area (Å²) in [6.07, 6.45) is 0.277. The molecule has 16 heavy (non-hydrogen) atoms. The van der Waals surface area contributed by atoms with Gasteiger partial charge in [0, 0.05) is 12.5 Å². The van der Waals surface area contributed by atoms with Gasteiger partial charge < -0.3 is 11.1 Å². The molecule has 88 valence electrons. The van der Waals surface area contributed by atoms with Crippen LogP contribution in [-0.4, -0.2) is 11.9 Å². The van der Waals surface area contributed by atoms with E-state index in [2.05, 4.69) is 5.32 Å². The number of halogens is 1. The Kier molecular flexibility index (Phi) is 4.43. The number of hydrogen-bond acceptors (Lipinski definition) is 2. The molecule has 0 heterocycles. The Labute approximate surface area is 94.8 Å². The van der Waals surface area contributed by atoms with E-state index in [1.54, 1.807) is 19.1 Å². The predicted molar refractivity (Wildman–Crippen MR) is 61.2 cm³/mol. The number of nitrogens with one attached hydrogen (secondary N) is 1. The fourth-order valence-electron chi connectivity index (χ4n) is 1.45. The Hall–Kier alpha value is -1.42. The maximum Gasteiger partial charge on any atom is 0.222 e. The minimum absolute atomic E-state index is 0.119. The van der Waals surface area contributed by atoms with Crippen LogP contribution in [-0.2, 0) is 4.79 Å². The fourth-order valence-corrected chi connectivity index (χ4v) is 1.45. The Morgan fingerprint density at radius 2 is 2.19 bits per heavy atom. The Morgan fingerprint density at radius 1 is 1.50 bits per heavy atom. The molecule has 0 radical (unpaired) electrons. The van der Waals surface area contributed by atoms with Crippen LogP contribution in [0.1, 0.15) is 31.9 Å². The molecule has 3 N–H and O–H groups in total. The number of hydrogen-bond donors (Lipinski definition) is 2. The van der Waals surface area contributed by atoms with E-state index in [0.717, 1.165) is 5.56 Å². The number of amides is 1. The van der Waals surface area contributed by atoms with Crippen LogP contribution in [0.4, 0.5) is 4.39 Å². The number of carbonyl (C=O) groups excluding carboxylic acids is 1. The molecule has 1 aromatic carbocycles. The quantitative estimate of drug-likeness (QED) is 0.818. The third-order valence-electron chi connectivity index (χ3n) is 2.23. The van der Waals surface area contributed by atoms with Gasteiger partial charge in [0.25, 0.3) is 0 Å². The van der Waals surface area contributed by atoms with Crippen LogP contribution in [0.15, 0.2) is 24.3 Å². The van der Waals surface area contributed by atoms with E-state index in [1.165, 1.54) is 12.1 Å². The lowest BCUT2D eigenvalue weighted by Crippen LogP contribution is -2.31. The van der Waals surface area contributed by atoms with Crippen LogP contribution in [0.2, 0.25) is 0 Å². The first-order valence-corrected chi connectivity index (χ1v) is 5.29. The topological polar surface area (TPSA) is 55.1 Å². The molecule has 3 nitrogen and oxygen atoms in total. The average Bonchev–Trinajstić information content (AvgIpc) is 2.16. The molecule has 1 aromatic rings. The first-order valence-electron chi connectivity index (χ1n) is 5.29. The smallest absolute Gasteiger partial charge is 0.222 e. The van der Waals surface area contributed by atoms with Gasteiger partial charge in [0.15, 0.2) is 0 Å². The van der Waals surface area contributed by atoms with Gasteiger partial charge in [-0.1, -0.05) is 12.1 Å². The van der Waals surface area contributed by atoms with Crippen LogP contribution in [0.5, 0.6) is 0 Å². The molecule has 0 aliphatic carbocycles. The minimum Gasteiger partial charge on any atom is -0.350 e. The van der Waals surface area contributed by atoms with Gasteiger partial charge in [-0.15, -0.1) is 0 Å². The SMILES string of the molecule is CC(N)CC(=O)N[C@@H](C)c1cccc(F)c1. The summed E-state index contributed by atoms with van der Waals surface area (Å²) in [5, 5.41) is 2.77. The van der Waals surface area contributed by atoms with Crippen molar-refractivity contribution < 1.29 is 9.18 Å². The third-order valence-corrected chi connectivity index (χ3v) is 2.23. The van der Waals surface area contributed by atoms with Gasteiger partial charge in [-0.2, -0.15) is 0 Å². The lowest BCUT2D eigenvalue weighted by Gasteiger charge is -2.15. The molecule has 0 saturated heterocycles. The van der Waals surface area contributed by atoms with Crippen molar-refractivity contribution in [2.75, 3.05) is 0 Å². The highest BCUT2D eigenvalue weighted by Gasteiger charge is 2.11. The van der Waals surface area contributed by atoms with Crippen LogP contribution >= 0.6 is 0 Å². The van der Waals surface area contributed by atoms with Crippen molar-refractivity contribution in [2.45, 2.75) is 32.4 Å². The highest BCUT2D eigenvalue weighted by Crippen LogP contribution is 2.13. The molecule has 0 spiro atoms. The lowest BCUT2D eigenvalue weighted by molar-refractivity contribution is -0.122. The van der Waals surface area contributed by atoms with E-state index in [-0.39, 0.29) is 30.2 Å². The lowest BCUT2D eigenvalue weighted by atomic mass is 10.1. The standard InChI is InChI=1S/C12H17FN2O/c1-8(14)6-12(16)15-9(2)10-4-3-5-11(13)7-10/h3-5,7-9H,6,14H2,1-2H3,(H,15,16)/t8?,9-/m0/s1. The van der Waals surface area contributed by atoms with E-state index in [4.69, 9.17) is 5.73 Å². The second kappa shape index (κ2) is 5.61. The molecule has 0 aliphatic rings.